The van der Waals surface area contributed by atoms with E-state index in [4.69, 9.17) is 39.5 Å². The third kappa shape index (κ3) is 3.38. The number of hydrogen-bond donors (Lipinski definition) is 0. The van der Waals surface area contributed by atoms with Gasteiger partial charge in [0, 0.05) is 10.0 Å². The summed E-state index contributed by atoms with van der Waals surface area (Å²) in [5.74, 6) is 0.723. The van der Waals surface area contributed by atoms with Gasteiger partial charge in [0.25, 0.3) is 0 Å². The standard InChI is InChI=1S/C14H10BrCl3O/c1-19-13-7-9(15)3-4-10(13)14(18)8-2-5-11(16)12(17)6-8/h2-7,14H,1H3. The van der Waals surface area contributed by atoms with Crippen LogP contribution in [-0.2, 0) is 0 Å². The average Bonchev–Trinajstić information content (AvgIpc) is 2.41. The minimum absolute atomic E-state index is 0.349. The normalized spacial score (nSPS) is 12.3. The molecule has 0 radical (unpaired) electrons. The summed E-state index contributed by atoms with van der Waals surface area (Å²) in [6.07, 6.45) is 0. The smallest absolute Gasteiger partial charge is 0.125 e. The first-order chi connectivity index (χ1) is 9.02. The number of methoxy groups -OCH3 is 1. The quantitative estimate of drug-likeness (QED) is 0.585. The molecule has 0 aliphatic carbocycles. The molecule has 0 aromatic heterocycles. The third-order valence-electron chi connectivity index (χ3n) is 2.70. The van der Waals surface area contributed by atoms with Crippen molar-refractivity contribution in [3.63, 3.8) is 0 Å². The predicted octanol–water partition coefficient (Wildman–Crippen LogP) is 6.09. The minimum Gasteiger partial charge on any atom is -0.496 e. The fraction of sp³-hybridized carbons (Fsp3) is 0.143. The van der Waals surface area contributed by atoms with E-state index in [1.54, 1.807) is 19.2 Å². The van der Waals surface area contributed by atoms with E-state index < -0.39 is 0 Å². The summed E-state index contributed by atoms with van der Waals surface area (Å²) in [7, 11) is 1.61. The van der Waals surface area contributed by atoms with E-state index in [0.29, 0.717) is 10.0 Å². The summed E-state index contributed by atoms with van der Waals surface area (Å²) < 4.78 is 6.29. The highest BCUT2D eigenvalue weighted by atomic mass is 79.9. The number of alkyl halides is 1. The van der Waals surface area contributed by atoms with Crippen molar-refractivity contribution in [2.45, 2.75) is 5.38 Å². The molecular weight excluding hydrogens is 370 g/mol. The zero-order valence-corrected chi connectivity index (χ0v) is 13.8. The lowest BCUT2D eigenvalue weighted by Crippen LogP contribution is -1.97. The van der Waals surface area contributed by atoms with Gasteiger partial charge in [-0.25, -0.2) is 0 Å². The van der Waals surface area contributed by atoms with Gasteiger partial charge in [-0.05, 0) is 29.8 Å². The van der Waals surface area contributed by atoms with E-state index in [1.165, 1.54) is 0 Å². The molecular formula is C14H10BrCl3O. The van der Waals surface area contributed by atoms with Crippen LogP contribution in [0.3, 0.4) is 0 Å². The molecule has 19 heavy (non-hydrogen) atoms. The van der Waals surface area contributed by atoms with Gasteiger partial charge >= 0.3 is 0 Å². The summed E-state index contributed by atoms with van der Waals surface area (Å²) in [6.45, 7) is 0. The molecule has 0 aliphatic rings. The van der Waals surface area contributed by atoms with Gasteiger partial charge in [-0.2, -0.15) is 0 Å². The maximum atomic E-state index is 6.50. The zero-order chi connectivity index (χ0) is 14.0. The maximum Gasteiger partial charge on any atom is 0.125 e. The van der Waals surface area contributed by atoms with Gasteiger partial charge in [-0.1, -0.05) is 51.3 Å². The Labute approximate surface area is 135 Å². The number of ether oxygens (including phenoxy) is 1. The molecule has 0 saturated carbocycles. The fourth-order valence-corrected chi connectivity index (χ4v) is 2.71. The molecule has 2 rings (SSSR count). The molecule has 0 fully saturated rings. The Morgan fingerprint density at radius 2 is 1.79 bits per heavy atom. The van der Waals surface area contributed by atoms with Crippen molar-refractivity contribution >= 4 is 50.7 Å². The Morgan fingerprint density at radius 3 is 2.42 bits per heavy atom. The summed E-state index contributed by atoms with van der Waals surface area (Å²) in [5, 5.41) is 0.649. The van der Waals surface area contributed by atoms with E-state index in [-0.39, 0.29) is 5.38 Å². The molecule has 0 amide bonds. The van der Waals surface area contributed by atoms with E-state index in [0.717, 1.165) is 21.3 Å². The average molecular weight is 380 g/mol. The van der Waals surface area contributed by atoms with Crippen molar-refractivity contribution in [2.75, 3.05) is 7.11 Å². The van der Waals surface area contributed by atoms with Crippen LogP contribution in [0.5, 0.6) is 5.75 Å². The lowest BCUT2D eigenvalue weighted by molar-refractivity contribution is 0.410. The second-order valence-electron chi connectivity index (χ2n) is 3.92. The van der Waals surface area contributed by atoms with E-state index >= 15 is 0 Å². The number of rotatable bonds is 3. The highest BCUT2D eigenvalue weighted by molar-refractivity contribution is 9.10. The lowest BCUT2D eigenvalue weighted by atomic mass is 10.0. The Bertz CT molecular complexity index is 601. The van der Waals surface area contributed by atoms with Crippen molar-refractivity contribution in [2.24, 2.45) is 0 Å². The van der Waals surface area contributed by atoms with Crippen LogP contribution in [0.2, 0.25) is 10.0 Å². The summed E-state index contributed by atoms with van der Waals surface area (Å²) in [4.78, 5) is 0. The van der Waals surface area contributed by atoms with Gasteiger partial charge in [-0.3, -0.25) is 0 Å². The molecule has 2 aromatic carbocycles. The molecule has 0 N–H and O–H groups in total. The summed E-state index contributed by atoms with van der Waals surface area (Å²) in [6, 6.07) is 11.1. The lowest BCUT2D eigenvalue weighted by Gasteiger charge is -2.15. The van der Waals surface area contributed by atoms with Crippen LogP contribution in [0.1, 0.15) is 16.5 Å². The second-order valence-corrected chi connectivity index (χ2v) is 6.09. The SMILES string of the molecule is COc1cc(Br)ccc1C(Cl)c1ccc(Cl)c(Cl)c1. The molecule has 0 bridgehead atoms. The Hall–Kier alpha value is -0.410. The van der Waals surface area contributed by atoms with Crippen LogP contribution < -0.4 is 4.74 Å². The molecule has 0 heterocycles. The Balaban J connectivity index is 2.43. The van der Waals surface area contributed by atoms with Gasteiger partial charge in [0.2, 0.25) is 0 Å². The first-order valence-electron chi connectivity index (χ1n) is 5.45. The van der Waals surface area contributed by atoms with Crippen molar-refractivity contribution in [3.8, 4) is 5.75 Å². The molecule has 1 atom stereocenters. The first kappa shape index (κ1) is 15.0. The van der Waals surface area contributed by atoms with Gasteiger partial charge < -0.3 is 4.74 Å². The van der Waals surface area contributed by atoms with Crippen LogP contribution in [0.25, 0.3) is 0 Å². The Morgan fingerprint density at radius 1 is 1.05 bits per heavy atom. The van der Waals surface area contributed by atoms with Crippen molar-refractivity contribution in [1.82, 2.24) is 0 Å². The molecule has 0 aliphatic heterocycles. The molecule has 1 nitrogen and oxygen atoms in total. The second kappa shape index (κ2) is 6.36. The molecule has 0 saturated heterocycles. The fourth-order valence-electron chi connectivity index (χ4n) is 1.74. The Kier molecular flexibility index (Phi) is 5.02. The number of benzene rings is 2. The number of hydrogen-bond acceptors (Lipinski definition) is 1. The molecule has 5 heteroatoms. The van der Waals surface area contributed by atoms with Crippen LogP contribution >= 0.6 is 50.7 Å². The van der Waals surface area contributed by atoms with Crippen LogP contribution in [0.15, 0.2) is 40.9 Å². The maximum absolute atomic E-state index is 6.50. The molecule has 100 valence electrons. The molecule has 1 unspecified atom stereocenters. The van der Waals surface area contributed by atoms with Gasteiger partial charge in [-0.15, -0.1) is 11.6 Å². The summed E-state index contributed by atoms with van der Waals surface area (Å²) in [5.41, 5.74) is 1.75. The predicted molar refractivity (Wildman–Crippen MR) is 84.9 cm³/mol. The monoisotopic (exact) mass is 378 g/mol. The summed E-state index contributed by atoms with van der Waals surface area (Å²) >= 11 is 21.8. The molecule has 0 spiro atoms. The zero-order valence-electron chi connectivity index (χ0n) is 9.96. The van der Waals surface area contributed by atoms with E-state index in [1.807, 2.05) is 24.3 Å². The van der Waals surface area contributed by atoms with Gasteiger partial charge in [0.15, 0.2) is 0 Å². The topological polar surface area (TPSA) is 9.23 Å². The van der Waals surface area contributed by atoms with Gasteiger partial charge in [0.05, 0.1) is 22.5 Å². The largest absolute Gasteiger partial charge is 0.496 e. The van der Waals surface area contributed by atoms with Crippen LogP contribution in [0, 0.1) is 0 Å². The van der Waals surface area contributed by atoms with Gasteiger partial charge in [0.1, 0.15) is 5.75 Å². The highest BCUT2D eigenvalue weighted by Gasteiger charge is 2.16. The number of halogens is 4. The van der Waals surface area contributed by atoms with E-state index in [9.17, 15) is 0 Å². The minimum atomic E-state index is -0.349. The highest BCUT2D eigenvalue weighted by Crippen LogP contribution is 2.38. The van der Waals surface area contributed by atoms with Crippen molar-refractivity contribution in [3.05, 3.63) is 62.0 Å². The van der Waals surface area contributed by atoms with Crippen molar-refractivity contribution < 1.29 is 4.74 Å². The first-order valence-corrected chi connectivity index (χ1v) is 7.44. The van der Waals surface area contributed by atoms with E-state index in [2.05, 4.69) is 15.9 Å². The van der Waals surface area contributed by atoms with Crippen LogP contribution in [-0.4, -0.2) is 7.11 Å². The van der Waals surface area contributed by atoms with Crippen molar-refractivity contribution in [1.29, 1.82) is 0 Å². The van der Waals surface area contributed by atoms with Crippen LogP contribution in [0.4, 0.5) is 0 Å². The molecule has 2 aromatic rings. The third-order valence-corrected chi connectivity index (χ3v) is 4.42.